The van der Waals surface area contributed by atoms with Gasteiger partial charge in [0.1, 0.15) is 11.3 Å². The van der Waals surface area contributed by atoms with Crippen LogP contribution < -0.4 is 19.9 Å². The van der Waals surface area contributed by atoms with E-state index >= 15 is 0 Å². The van der Waals surface area contributed by atoms with E-state index in [2.05, 4.69) is 22.4 Å². The average Bonchev–Trinajstić information content (AvgIpc) is 3.49. The minimum atomic E-state index is -0.700. The molecule has 0 radical (unpaired) electrons. The van der Waals surface area contributed by atoms with E-state index in [0.717, 1.165) is 50.5 Å². The van der Waals surface area contributed by atoms with Crippen molar-refractivity contribution >= 4 is 11.6 Å². The van der Waals surface area contributed by atoms with Crippen LogP contribution in [0.15, 0.2) is 24.3 Å². The lowest BCUT2D eigenvalue weighted by molar-refractivity contribution is -0.892. The van der Waals surface area contributed by atoms with E-state index in [-0.39, 0.29) is 5.91 Å². The molecule has 1 aromatic carbocycles. The molecule has 0 unspecified atom stereocenters. The topological polar surface area (TPSA) is 69.8 Å². The van der Waals surface area contributed by atoms with Crippen molar-refractivity contribution < 1.29 is 14.4 Å². The van der Waals surface area contributed by atoms with Crippen LogP contribution in [0.3, 0.4) is 0 Å². The van der Waals surface area contributed by atoms with Crippen LogP contribution in [0.1, 0.15) is 26.7 Å². The predicted molar refractivity (Wildman–Crippen MR) is 100 cm³/mol. The third-order valence-electron chi connectivity index (χ3n) is 5.41. The molecule has 1 heterocycles. The Labute approximate surface area is 155 Å². The molecule has 0 spiro atoms. The summed E-state index contributed by atoms with van der Waals surface area (Å²) >= 11 is 0. The molecular weight excluding hydrogens is 328 g/mol. The zero-order valence-corrected chi connectivity index (χ0v) is 15.8. The van der Waals surface area contributed by atoms with Crippen molar-refractivity contribution in [2.75, 3.05) is 44.2 Å². The molecule has 1 saturated heterocycles. The Morgan fingerprint density at radius 2 is 2.08 bits per heavy atom. The Kier molecular flexibility index (Phi) is 5.67. The Bertz CT molecular complexity index is 675. The van der Waals surface area contributed by atoms with Gasteiger partial charge >= 0.3 is 0 Å². The van der Waals surface area contributed by atoms with Gasteiger partial charge in [0.05, 0.1) is 44.5 Å². The molecule has 2 aliphatic rings. The van der Waals surface area contributed by atoms with E-state index in [1.54, 1.807) is 0 Å². The molecule has 6 nitrogen and oxygen atoms in total. The van der Waals surface area contributed by atoms with Crippen LogP contribution in [0.5, 0.6) is 5.75 Å². The maximum absolute atomic E-state index is 12.4. The minimum Gasteiger partial charge on any atom is -0.492 e. The SMILES string of the molecule is CCOc1ccccc1N1CC[NH+](CC(=O)N[C@](C)(C#N)C2CC2)CC1. The van der Waals surface area contributed by atoms with E-state index in [1.165, 1.54) is 4.90 Å². The summed E-state index contributed by atoms with van der Waals surface area (Å²) in [6.45, 7) is 8.53. The summed E-state index contributed by atoms with van der Waals surface area (Å²) in [7, 11) is 0. The lowest BCUT2D eigenvalue weighted by Gasteiger charge is -2.34. The first-order chi connectivity index (χ1) is 12.6. The first-order valence-electron chi connectivity index (χ1n) is 9.58. The third-order valence-corrected chi connectivity index (χ3v) is 5.41. The second-order valence-corrected chi connectivity index (χ2v) is 7.45. The Morgan fingerprint density at radius 3 is 2.69 bits per heavy atom. The smallest absolute Gasteiger partial charge is 0.276 e. The summed E-state index contributed by atoms with van der Waals surface area (Å²) in [5.74, 6) is 1.22. The number of carbonyl (C=O) groups excluding carboxylic acids is 1. The van der Waals surface area contributed by atoms with Crippen molar-refractivity contribution in [3.8, 4) is 11.8 Å². The first-order valence-corrected chi connectivity index (χ1v) is 9.58. The van der Waals surface area contributed by atoms with E-state index in [0.29, 0.717) is 19.1 Å². The zero-order chi connectivity index (χ0) is 18.6. The summed E-state index contributed by atoms with van der Waals surface area (Å²) in [5.41, 5.74) is 0.429. The van der Waals surface area contributed by atoms with Crippen molar-refractivity contribution in [1.29, 1.82) is 5.26 Å². The second kappa shape index (κ2) is 7.96. The van der Waals surface area contributed by atoms with Crippen LogP contribution in [0, 0.1) is 17.2 Å². The molecule has 2 N–H and O–H groups in total. The number of hydrogen-bond donors (Lipinski definition) is 2. The fraction of sp³-hybridized carbons (Fsp3) is 0.600. The van der Waals surface area contributed by atoms with Crippen LogP contribution >= 0.6 is 0 Å². The number of hydrogen-bond acceptors (Lipinski definition) is 4. The van der Waals surface area contributed by atoms with Gasteiger partial charge in [-0.05, 0) is 44.7 Å². The van der Waals surface area contributed by atoms with E-state index in [9.17, 15) is 10.1 Å². The van der Waals surface area contributed by atoms with Crippen molar-refractivity contribution in [3.63, 3.8) is 0 Å². The van der Waals surface area contributed by atoms with Gasteiger partial charge in [-0.25, -0.2) is 0 Å². The Morgan fingerprint density at radius 1 is 1.38 bits per heavy atom. The molecule has 1 amide bonds. The molecule has 26 heavy (non-hydrogen) atoms. The predicted octanol–water partition coefficient (Wildman–Crippen LogP) is 0.599. The lowest BCUT2D eigenvalue weighted by Crippen LogP contribution is -3.16. The molecule has 1 atom stereocenters. The number of nitrogens with zero attached hydrogens (tertiary/aromatic N) is 2. The molecule has 0 aromatic heterocycles. The van der Waals surface area contributed by atoms with Gasteiger partial charge in [0.2, 0.25) is 0 Å². The highest BCUT2D eigenvalue weighted by Crippen LogP contribution is 2.39. The summed E-state index contributed by atoms with van der Waals surface area (Å²) in [6.07, 6.45) is 2.07. The third kappa shape index (κ3) is 4.28. The fourth-order valence-electron chi connectivity index (χ4n) is 3.68. The highest BCUT2D eigenvalue weighted by Gasteiger charge is 2.43. The van der Waals surface area contributed by atoms with Gasteiger partial charge < -0.3 is 19.9 Å². The number of para-hydroxylation sites is 2. The molecule has 1 aromatic rings. The minimum absolute atomic E-state index is 0.0147. The summed E-state index contributed by atoms with van der Waals surface area (Å²) in [5, 5.41) is 12.4. The molecule has 0 bridgehead atoms. The maximum atomic E-state index is 12.4. The molecule has 2 fully saturated rings. The molecule has 140 valence electrons. The number of amides is 1. The van der Waals surface area contributed by atoms with Crippen LogP contribution in [-0.2, 0) is 4.79 Å². The van der Waals surface area contributed by atoms with Gasteiger partial charge in [0.15, 0.2) is 6.54 Å². The summed E-state index contributed by atoms with van der Waals surface area (Å²) in [4.78, 5) is 16.0. The Hall–Kier alpha value is -2.26. The van der Waals surface area contributed by atoms with Crippen molar-refractivity contribution in [1.82, 2.24) is 5.32 Å². The van der Waals surface area contributed by atoms with Gasteiger partial charge in [-0.15, -0.1) is 0 Å². The number of nitrogens with one attached hydrogen (secondary N) is 2. The zero-order valence-electron chi connectivity index (χ0n) is 15.8. The number of ether oxygens (including phenoxy) is 1. The van der Waals surface area contributed by atoms with Crippen molar-refractivity contribution in [2.45, 2.75) is 32.2 Å². The number of nitriles is 1. The maximum Gasteiger partial charge on any atom is 0.276 e. The quantitative estimate of drug-likeness (QED) is 0.750. The monoisotopic (exact) mass is 357 g/mol. The van der Waals surface area contributed by atoms with Gasteiger partial charge in [-0.1, -0.05) is 12.1 Å². The van der Waals surface area contributed by atoms with Crippen molar-refractivity contribution in [3.05, 3.63) is 24.3 Å². The summed E-state index contributed by atoms with van der Waals surface area (Å²) in [6, 6.07) is 10.4. The second-order valence-electron chi connectivity index (χ2n) is 7.45. The van der Waals surface area contributed by atoms with E-state index in [1.807, 2.05) is 32.0 Å². The molecule has 3 rings (SSSR count). The fourth-order valence-corrected chi connectivity index (χ4v) is 3.68. The van der Waals surface area contributed by atoms with Gasteiger partial charge in [-0.3, -0.25) is 4.79 Å². The van der Waals surface area contributed by atoms with Crippen LogP contribution in [0.25, 0.3) is 0 Å². The van der Waals surface area contributed by atoms with Crippen molar-refractivity contribution in [2.24, 2.45) is 5.92 Å². The number of quaternary nitrogens is 1. The molecule has 1 aliphatic heterocycles. The van der Waals surface area contributed by atoms with Gasteiger partial charge in [-0.2, -0.15) is 5.26 Å². The van der Waals surface area contributed by atoms with Crippen LogP contribution in [0.4, 0.5) is 5.69 Å². The lowest BCUT2D eigenvalue weighted by atomic mass is 9.98. The number of carbonyl (C=O) groups is 1. The van der Waals surface area contributed by atoms with Gasteiger partial charge in [0.25, 0.3) is 5.91 Å². The van der Waals surface area contributed by atoms with Gasteiger partial charge in [0, 0.05) is 0 Å². The normalized spacial score (nSPS) is 20.1. The Balaban J connectivity index is 1.51. The molecular formula is C20H29N4O2+. The first kappa shape index (κ1) is 18.5. The highest BCUT2D eigenvalue weighted by molar-refractivity contribution is 5.78. The number of anilines is 1. The average molecular weight is 357 g/mol. The number of piperazine rings is 1. The molecule has 1 saturated carbocycles. The largest absolute Gasteiger partial charge is 0.492 e. The highest BCUT2D eigenvalue weighted by atomic mass is 16.5. The van der Waals surface area contributed by atoms with Crippen LogP contribution in [0.2, 0.25) is 0 Å². The number of rotatable bonds is 7. The van der Waals surface area contributed by atoms with E-state index in [4.69, 9.17) is 4.74 Å². The summed E-state index contributed by atoms with van der Waals surface area (Å²) < 4.78 is 5.73. The van der Waals surface area contributed by atoms with Crippen LogP contribution in [-0.4, -0.2) is 50.8 Å². The number of benzene rings is 1. The standard InChI is InChI=1S/C20H28N4O2/c1-3-26-18-7-5-4-6-17(18)24-12-10-23(11-13-24)14-19(25)22-20(2,15-21)16-8-9-16/h4-7,16H,3,8-14H2,1-2H3,(H,22,25)/p+1/t20-/m1/s1. The molecule has 1 aliphatic carbocycles. The molecule has 6 heteroatoms. The van der Waals surface area contributed by atoms with E-state index < -0.39 is 5.54 Å².